The highest BCUT2D eigenvalue weighted by molar-refractivity contribution is 7.09. The van der Waals surface area contributed by atoms with E-state index >= 15 is 0 Å². The third-order valence-electron chi connectivity index (χ3n) is 2.67. The van der Waals surface area contributed by atoms with Crippen molar-refractivity contribution in [1.29, 1.82) is 0 Å². The predicted molar refractivity (Wildman–Crippen MR) is 78.0 cm³/mol. The quantitative estimate of drug-likeness (QED) is 0.922. The van der Waals surface area contributed by atoms with E-state index in [2.05, 4.69) is 15.3 Å². The molecule has 1 N–H and O–H groups in total. The minimum Gasteiger partial charge on any atom is -0.375 e. The van der Waals surface area contributed by atoms with Gasteiger partial charge in [0.25, 0.3) is 5.91 Å². The fourth-order valence-corrected chi connectivity index (χ4v) is 2.56. The van der Waals surface area contributed by atoms with Gasteiger partial charge in [0.2, 0.25) is 0 Å². The lowest BCUT2D eigenvalue weighted by Crippen LogP contribution is -2.24. The van der Waals surface area contributed by atoms with Gasteiger partial charge in [-0.25, -0.2) is 9.97 Å². The highest BCUT2D eigenvalue weighted by Gasteiger charge is 2.13. The molecule has 0 spiro atoms. The van der Waals surface area contributed by atoms with Crippen LogP contribution in [0.1, 0.15) is 34.2 Å². The Morgan fingerprint density at radius 1 is 1.60 bits per heavy atom. The molecular formula is C13H14ClN3O2S. The van der Waals surface area contributed by atoms with Crippen molar-refractivity contribution in [3.63, 3.8) is 0 Å². The number of carbonyl (C=O) groups excluding carboxylic acids is 1. The zero-order chi connectivity index (χ0) is 14.5. The number of rotatable bonds is 5. The minimum absolute atomic E-state index is 0.0466. The lowest BCUT2D eigenvalue weighted by molar-refractivity contribution is 0.0945. The number of nitrogens with zero attached hydrogens (tertiary/aromatic N) is 2. The average molecular weight is 312 g/mol. The van der Waals surface area contributed by atoms with Crippen LogP contribution in [0.2, 0.25) is 5.02 Å². The zero-order valence-corrected chi connectivity index (χ0v) is 12.7. The summed E-state index contributed by atoms with van der Waals surface area (Å²) in [4.78, 5) is 20.3. The number of hydrogen-bond donors (Lipinski definition) is 1. The van der Waals surface area contributed by atoms with E-state index < -0.39 is 0 Å². The molecule has 20 heavy (non-hydrogen) atoms. The van der Waals surface area contributed by atoms with Crippen molar-refractivity contribution in [1.82, 2.24) is 15.3 Å². The number of aromatic nitrogens is 2. The number of methoxy groups -OCH3 is 1. The molecule has 5 nitrogen and oxygen atoms in total. The van der Waals surface area contributed by atoms with E-state index in [-0.39, 0.29) is 17.7 Å². The lowest BCUT2D eigenvalue weighted by Gasteiger charge is -2.05. The normalized spacial score (nSPS) is 12.2. The van der Waals surface area contributed by atoms with E-state index in [0.717, 1.165) is 10.7 Å². The molecular weight excluding hydrogens is 298 g/mol. The maximum absolute atomic E-state index is 11.9. The van der Waals surface area contributed by atoms with Crippen molar-refractivity contribution in [2.24, 2.45) is 0 Å². The molecule has 2 rings (SSSR count). The molecule has 0 radical (unpaired) electrons. The number of halogens is 1. The Balaban J connectivity index is 1.97. The van der Waals surface area contributed by atoms with Gasteiger partial charge in [0.05, 0.1) is 17.3 Å². The Morgan fingerprint density at radius 3 is 3.10 bits per heavy atom. The summed E-state index contributed by atoms with van der Waals surface area (Å²) in [6, 6.07) is 3.31. The first-order chi connectivity index (χ1) is 9.61. The molecule has 1 atom stereocenters. The van der Waals surface area contributed by atoms with Gasteiger partial charge in [-0.1, -0.05) is 11.6 Å². The highest BCUT2D eigenvalue weighted by Crippen LogP contribution is 2.20. The summed E-state index contributed by atoms with van der Waals surface area (Å²) in [6.45, 7) is 2.26. The standard InChI is InChI=1S/C13H14ClN3O2S/c1-8(19-2)13-17-9(7-20-13)6-16-12(18)11-10(14)4-3-5-15-11/h3-5,7-8H,6H2,1-2H3,(H,16,18). The van der Waals surface area contributed by atoms with Gasteiger partial charge in [-0.3, -0.25) is 4.79 Å². The molecule has 0 aliphatic rings. The zero-order valence-electron chi connectivity index (χ0n) is 11.1. The van der Waals surface area contributed by atoms with Gasteiger partial charge >= 0.3 is 0 Å². The summed E-state index contributed by atoms with van der Waals surface area (Å²) in [5, 5.41) is 5.85. The van der Waals surface area contributed by atoms with Crippen LogP contribution in [0, 0.1) is 0 Å². The van der Waals surface area contributed by atoms with Crippen LogP contribution in [-0.4, -0.2) is 23.0 Å². The van der Waals surface area contributed by atoms with E-state index in [1.807, 2.05) is 12.3 Å². The molecule has 7 heteroatoms. The average Bonchev–Trinajstić information content (AvgIpc) is 2.93. The minimum atomic E-state index is -0.315. The Morgan fingerprint density at radius 2 is 2.40 bits per heavy atom. The van der Waals surface area contributed by atoms with Gasteiger partial charge in [0.1, 0.15) is 16.8 Å². The van der Waals surface area contributed by atoms with Crippen LogP contribution in [0.5, 0.6) is 0 Å². The monoisotopic (exact) mass is 311 g/mol. The SMILES string of the molecule is COC(C)c1nc(CNC(=O)c2ncccc2Cl)cs1. The first kappa shape index (κ1) is 14.9. The number of ether oxygens (including phenoxy) is 1. The molecule has 2 aromatic rings. The van der Waals surface area contributed by atoms with Gasteiger partial charge in [-0.2, -0.15) is 0 Å². The van der Waals surface area contributed by atoms with Crippen molar-refractivity contribution in [3.8, 4) is 0 Å². The van der Waals surface area contributed by atoms with E-state index in [4.69, 9.17) is 16.3 Å². The van der Waals surface area contributed by atoms with Crippen LogP contribution >= 0.6 is 22.9 Å². The summed E-state index contributed by atoms with van der Waals surface area (Å²) >= 11 is 7.42. The van der Waals surface area contributed by atoms with Crippen molar-refractivity contribution < 1.29 is 9.53 Å². The van der Waals surface area contributed by atoms with Crippen molar-refractivity contribution in [2.75, 3.05) is 7.11 Å². The summed E-state index contributed by atoms with van der Waals surface area (Å²) in [6.07, 6.45) is 1.48. The first-order valence-corrected chi connectivity index (χ1v) is 7.23. The molecule has 0 aromatic carbocycles. The van der Waals surface area contributed by atoms with Crippen molar-refractivity contribution in [3.05, 3.63) is 45.1 Å². The maximum Gasteiger partial charge on any atom is 0.271 e. The van der Waals surface area contributed by atoms with Gasteiger partial charge in [0.15, 0.2) is 0 Å². The van der Waals surface area contributed by atoms with Crippen molar-refractivity contribution >= 4 is 28.8 Å². The van der Waals surface area contributed by atoms with Gasteiger partial charge in [-0.15, -0.1) is 11.3 Å². The van der Waals surface area contributed by atoms with Crippen molar-refractivity contribution in [2.45, 2.75) is 19.6 Å². The van der Waals surface area contributed by atoms with E-state index in [0.29, 0.717) is 11.6 Å². The fourth-order valence-electron chi connectivity index (χ4n) is 1.50. The molecule has 0 aliphatic heterocycles. The highest BCUT2D eigenvalue weighted by atomic mass is 35.5. The molecule has 0 saturated heterocycles. The number of hydrogen-bond acceptors (Lipinski definition) is 5. The second kappa shape index (κ2) is 6.78. The van der Waals surface area contributed by atoms with Crippen LogP contribution in [0.25, 0.3) is 0 Å². The molecule has 106 valence electrons. The third-order valence-corrected chi connectivity index (χ3v) is 4.03. The van der Waals surface area contributed by atoms with Gasteiger partial charge in [-0.05, 0) is 19.1 Å². The lowest BCUT2D eigenvalue weighted by atomic mass is 10.3. The largest absolute Gasteiger partial charge is 0.375 e. The third kappa shape index (κ3) is 3.53. The van der Waals surface area contributed by atoms with E-state index in [1.54, 1.807) is 19.2 Å². The Hall–Kier alpha value is -1.50. The smallest absolute Gasteiger partial charge is 0.271 e. The number of pyridine rings is 1. The number of nitrogens with one attached hydrogen (secondary N) is 1. The summed E-state index contributed by atoms with van der Waals surface area (Å²) < 4.78 is 5.19. The van der Waals surface area contributed by atoms with Crippen LogP contribution in [0.3, 0.4) is 0 Å². The van der Waals surface area contributed by atoms with E-state index in [1.165, 1.54) is 17.5 Å². The van der Waals surface area contributed by atoms with Crippen LogP contribution in [0.15, 0.2) is 23.7 Å². The summed E-state index contributed by atoms with van der Waals surface area (Å²) in [5.41, 5.74) is 1.00. The van der Waals surface area contributed by atoms with Gasteiger partial charge < -0.3 is 10.1 Å². The Labute approximate surface area is 126 Å². The molecule has 1 amide bonds. The number of thiazole rings is 1. The van der Waals surface area contributed by atoms with Crippen LogP contribution in [0.4, 0.5) is 0 Å². The molecule has 0 saturated carbocycles. The summed E-state index contributed by atoms with van der Waals surface area (Å²) in [5.74, 6) is -0.315. The second-order valence-corrected chi connectivity index (χ2v) is 5.37. The van der Waals surface area contributed by atoms with E-state index in [9.17, 15) is 4.79 Å². The second-order valence-electron chi connectivity index (χ2n) is 4.07. The Kier molecular flexibility index (Phi) is 5.05. The van der Waals surface area contributed by atoms with Crippen LogP contribution < -0.4 is 5.32 Å². The summed E-state index contributed by atoms with van der Waals surface area (Å²) in [7, 11) is 1.64. The first-order valence-electron chi connectivity index (χ1n) is 5.97. The number of carbonyl (C=O) groups is 1. The number of amides is 1. The molecule has 2 aromatic heterocycles. The topological polar surface area (TPSA) is 64.1 Å². The molecule has 1 unspecified atom stereocenters. The molecule has 0 fully saturated rings. The van der Waals surface area contributed by atoms with Crippen LogP contribution in [-0.2, 0) is 11.3 Å². The molecule has 0 bridgehead atoms. The molecule has 0 aliphatic carbocycles. The fraction of sp³-hybridized carbons (Fsp3) is 0.308. The molecule has 2 heterocycles. The van der Waals surface area contributed by atoms with Gasteiger partial charge in [0, 0.05) is 18.7 Å². The Bertz CT molecular complexity index is 603. The predicted octanol–water partition coefficient (Wildman–Crippen LogP) is 2.83. The maximum atomic E-state index is 11.9.